The van der Waals surface area contributed by atoms with Gasteiger partial charge in [0.25, 0.3) is 0 Å². The Morgan fingerprint density at radius 2 is 1.05 bits per heavy atom. The van der Waals surface area contributed by atoms with E-state index < -0.39 is 6.89 Å². The van der Waals surface area contributed by atoms with Crippen molar-refractivity contribution in [2.45, 2.75) is 6.92 Å². The molecule has 3 rings (SSSR count). The van der Waals surface area contributed by atoms with Gasteiger partial charge in [0.15, 0.2) is 0 Å². The van der Waals surface area contributed by atoms with Crippen LogP contribution in [0, 0.1) is 0 Å². The summed E-state index contributed by atoms with van der Waals surface area (Å²) in [5.74, 6) is 2.22. The SMILES string of the molecule is CC=P(c1ccccn1)(c1ccccn1)c1ccccn1. The lowest BCUT2D eigenvalue weighted by atomic mass is 10.5. The van der Waals surface area contributed by atoms with Crippen molar-refractivity contribution in [3.8, 4) is 0 Å². The van der Waals surface area contributed by atoms with Crippen LogP contribution in [0.25, 0.3) is 0 Å². The summed E-state index contributed by atoms with van der Waals surface area (Å²) in [7, 11) is 0. The van der Waals surface area contributed by atoms with Crippen molar-refractivity contribution < 1.29 is 0 Å². The Balaban J connectivity index is 2.35. The summed E-state index contributed by atoms with van der Waals surface area (Å²) in [6.07, 6.45) is 5.50. The Labute approximate surface area is 124 Å². The second kappa shape index (κ2) is 6.02. The highest BCUT2D eigenvalue weighted by atomic mass is 31.2. The minimum absolute atomic E-state index is 1.03. The van der Waals surface area contributed by atoms with E-state index in [1.54, 1.807) is 0 Å². The monoisotopic (exact) mass is 293 g/mol. The molecule has 3 heterocycles. The summed E-state index contributed by atoms with van der Waals surface area (Å²) in [5.41, 5.74) is 3.10. The van der Waals surface area contributed by atoms with Crippen LogP contribution in [-0.4, -0.2) is 20.7 Å². The highest BCUT2D eigenvalue weighted by Crippen LogP contribution is 2.40. The lowest BCUT2D eigenvalue weighted by Crippen LogP contribution is -2.31. The molecular formula is C17H16N3P. The fourth-order valence-corrected chi connectivity index (χ4v) is 5.64. The summed E-state index contributed by atoms with van der Waals surface area (Å²) in [6, 6.07) is 18.1. The third kappa shape index (κ3) is 2.41. The van der Waals surface area contributed by atoms with E-state index in [-0.39, 0.29) is 0 Å². The van der Waals surface area contributed by atoms with Crippen molar-refractivity contribution in [2.24, 2.45) is 0 Å². The van der Waals surface area contributed by atoms with Gasteiger partial charge in [0.1, 0.15) is 0 Å². The van der Waals surface area contributed by atoms with Gasteiger partial charge in [-0.05, 0) is 43.3 Å². The Kier molecular flexibility index (Phi) is 3.94. The van der Waals surface area contributed by atoms with Gasteiger partial charge in [-0.25, -0.2) is 0 Å². The third-order valence-electron chi connectivity index (χ3n) is 3.42. The van der Waals surface area contributed by atoms with Crippen molar-refractivity contribution in [1.29, 1.82) is 0 Å². The van der Waals surface area contributed by atoms with Gasteiger partial charge in [-0.2, -0.15) is 0 Å². The van der Waals surface area contributed by atoms with Gasteiger partial charge >= 0.3 is 0 Å². The second-order valence-electron chi connectivity index (χ2n) is 4.54. The first-order chi connectivity index (χ1) is 10.4. The molecule has 0 aliphatic rings. The number of aromatic nitrogens is 3. The number of rotatable bonds is 3. The predicted molar refractivity (Wildman–Crippen MR) is 90.3 cm³/mol. The molecule has 0 radical (unpaired) electrons. The van der Waals surface area contributed by atoms with Crippen LogP contribution in [0.3, 0.4) is 0 Å². The molecule has 0 aromatic carbocycles. The lowest BCUT2D eigenvalue weighted by Gasteiger charge is -2.24. The Bertz CT molecular complexity index is 652. The average molecular weight is 293 g/mol. The van der Waals surface area contributed by atoms with Gasteiger partial charge in [-0.1, -0.05) is 24.0 Å². The molecule has 0 aliphatic heterocycles. The third-order valence-corrected chi connectivity index (χ3v) is 7.16. The topological polar surface area (TPSA) is 38.7 Å². The molecule has 3 aromatic rings. The van der Waals surface area contributed by atoms with E-state index in [4.69, 9.17) is 0 Å². The fourth-order valence-electron chi connectivity index (χ4n) is 2.44. The van der Waals surface area contributed by atoms with Crippen LogP contribution < -0.4 is 16.3 Å². The summed E-state index contributed by atoms with van der Waals surface area (Å²) in [4.78, 5) is 13.8. The zero-order valence-electron chi connectivity index (χ0n) is 11.8. The Morgan fingerprint density at radius 1 is 0.667 bits per heavy atom. The van der Waals surface area contributed by atoms with E-state index in [2.05, 4.69) is 45.9 Å². The quantitative estimate of drug-likeness (QED) is 0.693. The van der Waals surface area contributed by atoms with E-state index in [0.29, 0.717) is 0 Å². The van der Waals surface area contributed by atoms with Gasteiger partial charge < -0.3 is 0 Å². The molecule has 0 atom stereocenters. The van der Waals surface area contributed by atoms with Gasteiger partial charge in [-0.15, -0.1) is 0 Å². The normalized spacial score (nSPS) is 11.1. The minimum Gasteiger partial charge on any atom is -0.256 e. The number of nitrogens with zero attached hydrogens (tertiary/aromatic N) is 3. The zero-order chi connectivity index (χ0) is 14.5. The molecule has 0 saturated carbocycles. The molecule has 0 saturated heterocycles. The molecule has 3 aromatic heterocycles. The first kappa shape index (κ1) is 13.7. The summed E-state index contributed by atoms with van der Waals surface area (Å²) >= 11 is 0. The first-order valence-corrected chi connectivity index (χ1v) is 8.68. The molecule has 0 bridgehead atoms. The van der Waals surface area contributed by atoms with Gasteiger partial charge in [0.2, 0.25) is 0 Å². The maximum absolute atomic E-state index is 4.61. The number of pyridine rings is 3. The van der Waals surface area contributed by atoms with E-state index in [1.165, 1.54) is 0 Å². The van der Waals surface area contributed by atoms with E-state index >= 15 is 0 Å². The predicted octanol–water partition coefficient (Wildman–Crippen LogP) is 1.99. The van der Waals surface area contributed by atoms with Crippen LogP contribution in [-0.2, 0) is 0 Å². The summed E-state index contributed by atoms with van der Waals surface area (Å²) < 4.78 is 0. The Morgan fingerprint density at radius 3 is 1.29 bits per heavy atom. The number of hydrogen-bond donors (Lipinski definition) is 0. The molecule has 0 amide bonds. The maximum Gasteiger partial charge on any atom is 0.0738 e. The zero-order valence-corrected chi connectivity index (χ0v) is 12.7. The minimum atomic E-state index is -1.99. The molecule has 0 fully saturated rings. The largest absolute Gasteiger partial charge is 0.256 e. The summed E-state index contributed by atoms with van der Waals surface area (Å²) in [6.45, 7) is 0.0827. The summed E-state index contributed by atoms with van der Waals surface area (Å²) in [5, 5.41) is 0. The van der Waals surface area contributed by atoms with Gasteiger partial charge in [0, 0.05) is 25.5 Å². The van der Waals surface area contributed by atoms with Crippen molar-refractivity contribution in [2.75, 3.05) is 0 Å². The molecule has 0 spiro atoms. The highest BCUT2D eigenvalue weighted by molar-refractivity contribution is 7.93. The molecular weight excluding hydrogens is 277 g/mol. The molecule has 0 N–H and O–H groups in total. The van der Waals surface area contributed by atoms with Crippen LogP contribution in [0.15, 0.2) is 73.2 Å². The lowest BCUT2D eigenvalue weighted by molar-refractivity contribution is 1.35. The van der Waals surface area contributed by atoms with E-state index in [0.717, 1.165) is 16.3 Å². The van der Waals surface area contributed by atoms with Crippen LogP contribution >= 0.6 is 6.89 Å². The molecule has 104 valence electrons. The maximum atomic E-state index is 4.61. The van der Waals surface area contributed by atoms with Crippen molar-refractivity contribution in [3.05, 3.63) is 73.2 Å². The van der Waals surface area contributed by atoms with Gasteiger partial charge in [-0.3, -0.25) is 15.0 Å². The molecule has 3 nitrogen and oxygen atoms in total. The Hall–Kier alpha value is -2.25. The smallest absolute Gasteiger partial charge is 0.0738 e. The fraction of sp³-hybridized carbons (Fsp3) is 0.0588. The van der Waals surface area contributed by atoms with Crippen LogP contribution in [0.5, 0.6) is 0 Å². The standard InChI is InChI=1S/C17H16N3P/c1-2-21(15-9-3-6-12-18-15,16-10-4-7-13-19-16)17-11-5-8-14-20-17/h2-14H,1H3. The molecule has 0 aliphatic carbocycles. The highest BCUT2D eigenvalue weighted by Gasteiger charge is 2.27. The van der Waals surface area contributed by atoms with Crippen LogP contribution in [0.4, 0.5) is 0 Å². The molecule has 21 heavy (non-hydrogen) atoms. The van der Waals surface area contributed by atoms with Crippen molar-refractivity contribution in [1.82, 2.24) is 15.0 Å². The average Bonchev–Trinajstić information content (AvgIpc) is 2.59. The van der Waals surface area contributed by atoms with E-state index in [9.17, 15) is 0 Å². The first-order valence-electron chi connectivity index (χ1n) is 6.82. The van der Waals surface area contributed by atoms with E-state index in [1.807, 2.05) is 55.0 Å². The molecule has 4 heteroatoms. The van der Waals surface area contributed by atoms with Crippen molar-refractivity contribution in [3.63, 3.8) is 0 Å². The second-order valence-corrected chi connectivity index (χ2v) is 7.88. The van der Waals surface area contributed by atoms with Crippen molar-refractivity contribution >= 4 is 29.0 Å². The van der Waals surface area contributed by atoms with Crippen LogP contribution in [0.2, 0.25) is 0 Å². The molecule has 0 unspecified atom stereocenters. The van der Waals surface area contributed by atoms with Gasteiger partial charge in [0.05, 0.1) is 16.3 Å². The van der Waals surface area contributed by atoms with Crippen LogP contribution in [0.1, 0.15) is 6.92 Å². The number of hydrogen-bond acceptors (Lipinski definition) is 3.